The average molecular weight is 249 g/mol. The third-order valence-corrected chi connectivity index (χ3v) is 2.95. The molecule has 0 saturated heterocycles. The smallest absolute Gasteiger partial charge is 0.125 e. The maximum Gasteiger partial charge on any atom is 0.125 e. The maximum absolute atomic E-state index is 13.3. The Morgan fingerprint density at radius 1 is 1.28 bits per heavy atom. The zero-order valence-electron chi connectivity index (χ0n) is 11.0. The highest BCUT2D eigenvalue weighted by Crippen LogP contribution is 2.18. The Kier molecular flexibility index (Phi) is 4.31. The SMILES string of the molecule is CCCNCc1nc2ccc(F)cc2n1CCC. The zero-order chi connectivity index (χ0) is 13.0. The molecule has 0 atom stereocenters. The Labute approximate surface area is 107 Å². The van der Waals surface area contributed by atoms with Gasteiger partial charge in [0.15, 0.2) is 0 Å². The van der Waals surface area contributed by atoms with E-state index in [0.29, 0.717) is 0 Å². The first-order chi connectivity index (χ1) is 8.76. The third-order valence-electron chi connectivity index (χ3n) is 2.95. The minimum atomic E-state index is -0.201. The van der Waals surface area contributed by atoms with E-state index in [0.717, 1.165) is 49.3 Å². The van der Waals surface area contributed by atoms with Gasteiger partial charge in [0.2, 0.25) is 0 Å². The quantitative estimate of drug-likeness (QED) is 0.797. The van der Waals surface area contributed by atoms with Gasteiger partial charge in [0, 0.05) is 6.54 Å². The van der Waals surface area contributed by atoms with Crippen LogP contribution in [-0.2, 0) is 13.1 Å². The number of nitrogens with zero attached hydrogens (tertiary/aromatic N) is 2. The van der Waals surface area contributed by atoms with E-state index in [1.807, 2.05) is 0 Å². The molecule has 98 valence electrons. The highest BCUT2D eigenvalue weighted by Gasteiger charge is 2.10. The Bertz CT molecular complexity index is 519. The predicted octanol–water partition coefficient (Wildman–Crippen LogP) is 3.09. The number of nitrogens with one attached hydrogen (secondary N) is 1. The molecule has 4 heteroatoms. The molecule has 1 N–H and O–H groups in total. The van der Waals surface area contributed by atoms with Crippen molar-refractivity contribution in [3.8, 4) is 0 Å². The number of hydrogen-bond donors (Lipinski definition) is 1. The van der Waals surface area contributed by atoms with Crippen molar-refractivity contribution in [1.29, 1.82) is 0 Å². The molecule has 0 saturated carbocycles. The fourth-order valence-electron chi connectivity index (χ4n) is 2.13. The summed E-state index contributed by atoms with van der Waals surface area (Å²) in [5.74, 6) is 0.790. The normalized spacial score (nSPS) is 11.3. The van der Waals surface area contributed by atoms with Crippen LogP contribution in [0.1, 0.15) is 32.5 Å². The molecule has 18 heavy (non-hydrogen) atoms. The van der Waals surface area contributed by atoms with E-state index in [-0.39, 0.29) is 5.82 Å². The molecule has 3 nitrogen and oxygen atoms in total. The van der Waals surface area contributed by atoms with Gasteiger partial charge in [0.05, 0.1) is 17.6 Å². The number of imidazole rings is 1. The number of fused-ring (bicyclic) bond motifs is 1. The van der Waals surface area contributed by atoms with Gasteiger partial charge in [-0.3, -0.25) is 0 Å². The molecular weight excluding hydrogens is 229 g/mol. The van der Waals surface area contributed by atoms with Crippen LogP contribution in [0.15, 0.2) is 18.2 Å². The van der Waals surface area contributed by atoms with E-state index >= 15 is 0 Å². The first-order valence-electron chi connectivity index (χ1n) is 6.61. The van der Waals surface area contributed by atoms with Gasteiger partial charge in [-0.25, -0.2) is 9.37 Å². The summed E-state index contributed by atoms with van der Waals surface area (Å²) in [6.07, 6.45) is 2.12. The van der Waals surface area contributed by atoms with E-state index in [2.05, 4.69) is 28.7 Å². The summed E-state index contributed by atoms with van der Waals surface area (Å²) in [7, 11) is 0. The van der Waals surface area contributed by atoms with Crippen molar-refractivity contribution in [3.05, 3.63) is 29.8 Å². The molecule has 1 aromatic heterocycles. The Hall–Kier alpha value is -1.42. The summed E-state index contributed by atoms with van der Waals surface area (Å²) in [6.45, 7) is 6.85. The largest absolute Gasteiger partial charge is 0.327 e. The lowest BCUT2D eigenvalue weighted by Gasteiger charge is -2.08. The zero-order valence-corrected chi connectivity index (χ0v) is 11.0. The summed E-state index contributed by atoms with van der Waals surface area (Å²) in [5.41, 5.74) is 1.77. The lowest BCUT2D eigenvalue weighted by molar-refractivity contribution is 0.593. The van der Waals surface area contributed by atoms with Gasteiger partial charge in [-0.15, -0.1) is 0 Å². The molecule has 0 aliphatic heterocycles. The Morgan fingerprint density at radius 3 is 2.83 bits per heavy atom. The highest BCUT2D eigenvalue weighted by atomic mass is 19.1. The van der Waals surface area contributed by atoms with Crippen molar-refractivity contribution in [2.24, 2.45) is 0 Å². The standard InChI is InChI=1S/C14H20FN3/c1-3-7-16-10-14-17-12-6-5-11(15)9-13(12)18(14)8-4-2/h5-6,9,16H,3-4,7-8,10H2,1-2H3. The molecule has 2 rings (SSSR count). The molecular formula is C14H20FN3. The summed E-state index contributed by atoms with van der Waals surface area (Å²) in [4.78, 5) is 4.58. The van der Waals surface area contributed by atoms with Gasteiger partial charge >= 0.3 is 0 Å². The van der Waals surface area contributed by atoms with Crippen LogP contribution >= 0.6 is 0 Å². The van der Waals surface area contributed by atoms with E-state index < -0.39 is 0 Å². The molecule has 0 aliphatic carbocycles. The van der Waals surface area contributed by atoms with Crippen molar-refractivity contribution in [2.75, 3.05) is 6.54 Å². The second-order valence-electron chi connectivity index (χ2n) is 4.49. The number of hydrogen-bond acceptors (Lipinski definition) is 2. The third kappa shape index (κ3) is 2.70. The molecule has 0 amide bonds. The lowest BCUT2D eigenvalue weighted by atomic mass is 10.3. The summed E-state index contributed by atoms with van der Waals surface area (Å²) in [6, 6.07) is 4.79. The molecule has 0 unspecified atom stereocenters. The van der Waals surface area contributed by atoms with Crippen molar-refractivity contribution >= 4 is 11.0 Å². The van der Waals surface area contributed by atoms with Crippen LogP contribution in [0.5, 0.6) is 0 Å². The summed E-state index contributed by atoms with van der Waals surface area (Å²) < 4.78 is 15.4. The van der Waals surface area contributed by atoms with E-state index in [1.165, 1.54) is 6.07 Å². The number of benzene rings is 1. The second kappa shape index (κ2) is 5.96. The Balaban J connectivity index is 2.35. The van der Waals surface area contributed by atoms with Gasteiger partial charge in [-0.1, -0.05) is 13.8 Å². The molecule has 2 aromatic rings. The predicted molar refractivity (Wildman–Crippen MR) is 72.0 cm³/mol. The Morgan fingerprint density at radius 2 is 2.11 bits per heavy atom. The van der Waals surface area contributed by atoms with Crippen LogP contribution in [0.25, 0.3) is 11.0 Å². The number of aromatic nitrogens is 2. The molecule has 0 spiro atoms. The minimum absolute atomic E-state index is 0.201. The van der Waals surface area contributed by atoms with Crippen molar-refractivity contribution in [3.63, 3.8) is 0 Å². The first kappa shape index (κ1) is 13.0. The van der Waals surface area contributed by atoms with Crippen LogP contribution in [0.3, 0.4) is 0 Å². The van der Waals surface area contributed by atoms with E-state index in [1.54, 1.807) is 12.1 Å². The van der Waals surface area contributed by atoms with Crippen LogP contribution in [-0.4, -0.2) is 16.1 Å². The summed E-state index contributed by atoms with van der Waals surface area (Å²) >= 11 is 0. The van der Waals surface area contributed by atoms with E-state index in [4.69, 9.17) is 0 Å². The lowest BCUT2D eigenvalue weighted by Crippen LogP contribution is -2.17. The average Bonchev–Trinajstić information content (AvgIpc) is 2.68. The van der Waals surface area contributed by atoms with Crippen molar-refractivity contribution < 1.29 is 4.39 Å². The van der Waals surface area contributed by atoms with Gasteiger partial charge < -0.3 is 9.88 Å². The summed E-state index contributed by atoms with van der Waals surface area (Å²) in [5, 5.41) is 3.35. The maximum atomic E-state index is 13.3. The fourth-order valence-corrected chi connectivity index (χ4v) is 2.13. The van der Waals surface area contributed by atoms with Crippen LogP contribution in [0, 0.1) is 5.82 Å². The number of halogens is 1. The molecule has 1 heterocycles. The first-order valence-corrected chi connectivity index (χ1v) is 6.61. The fraction of sp³-hybridized carbons (Fsp3) is 0.500. The van der Waals surface area contributed by atoms with Crippen molar-refractivity contribution in [1.82, 2.24) is 14.9 Å². The number of aryl methyl sites for hydroxylation is 1. The highest BCUT2D eigenvalue weighted by molar-refractivity contribution is 5.76. The van der Waals surface area contributed by atoms with Crippen LogP contribution in [0.2, 0.25) is 0 Å². The van der Waals surface area contributed by atoms with Crippen molar-refractivity contribution in [2.45, 2.75) is 39.8 Å². The monoisotopic (exact) mass is 249 g/mol. The van der Waals surface area contributed by atoms with Gasteiger partial charge in [-0.2, -0.15) is 0 Å². The van der Waals surface area contributed by atoms with Crippen LogP contribution < -0.4 is 5.32 Å². The van der Waals surface area contributed by atoms with Crippen LogP contribution in [0.4, 0.5) is 4.39 Å². The van der Waals surface area contributed by atoms with Gasteiger partial charge in [0.25, 0.3) is 0 Å². The van der Waals surface area contributed by atoms with E-state index in [9.17, 15) is 4.39 Å². The topological polar surface area (TPSA) is 29.9 Å². The van der Waals surface area contributed by atoms with Gasteiger partial charge in [-0.05, 0) is 37.6 Å². The molecule has 0 radical (unpaired) electrons. The molecule has 0 bridgehead atoms. The molecule has 0 fully saturated rings. The second-order valence-corrected chi connectivity index (χ2v) is 4.49. The van der Waals surface area contributed by atoms with Gasteiger partial charge in [0.1, 0.15) is 11.6 Å². The minimum Gasteiger partial charge on any atom is -0.327 e. The molecule has 1 aromatic carbocycles. The number of rotatable bonds is 6. The molecule has 0 aliphatic rings.